The van der Waals surface area contributed by atoms with Gasteiger partial charge in [0, 0.05) is 6.42 Å². The lowest BCUT2D eigenvalue weighted by molar-refractivity contribution is -0.120. The Labute approximate surface area is 124 Å². The molecule has 2 rings (SSSR count). The number of carbonyl (C=O) groups excluding carboxylic acids is 1. The number of hydrogen-bond donors (Lipinski definition) is 2. The third-order valence-electron chi connectivity index (χ3n) is 2.94. The number of aromatic nitrogens is 1. The molecular weight excluding hydrogens is 272 g/mol. The van der Waals surface area contributed by atoms with Crippen molar-refractivity contribution in [2.45, 2.75) is 31.6 Å². The third-order valence-corrected chi connectivity index (χ3v) is 3.36. The number of benzene rings is 1. The van der Waals surface area contributed by atoms with Crippen LogP contribution in [0, 0.1) is 0 Å². The van der Waals surface area contributed by atoms with Gasteiger partial charge < -0.3 is 9.73 Å². The van der Waals surface area contributed by atoms with Gasteiger partial charge in [0.05, 0.1) is 18.0 Å². The molecule has 4 nitrogen and oxygen atoms in total. The van der Waals surface area contributed by atoms with E-state index in [1.165, 1.54) is 0 Å². The lowest BCUT2D eigenvalue weighted by atomic mass is 10.1. The summed E-state index contributed by atoms with van der Waals surface area (Å²) in [7, 11) is 0. The Bertz CT molecular complexity index is 554. The van der Waals surface area contributed by atoms with E-state index >= 15 is 0 Å². The van der Waals surface area contributed by atoms with Crippen molar-refractivity contribution >= 4 is 18.5 Å². The number of hydrogen-bond acceptors (Lipinski definition) is 4. The summed E-state index contributed by atoms with van der Waals surface area (Å²) in [6, 6.07) is 9.82. The second-order valence-corrected chi connectivity index (χ2v) is 5.12. The van der Waals surface area contributed by atoms with Crippen molar-refractivity contribution < 1.29 is 9.21 Å². The van der Waals surface area contributed by atoms with Gasteiger partial charge >= 0.3 is 0 Å². The first-order valence-electron chi connectivity index (χ1n) is 6.62. The Morgan fingerprint density at radius 1 is 1.40 bits per heavy atom. The molecular formula is C15H18N2O2S. The first-order chi connectivity index (χ1) is 9.69. The quantitative estimate of drug-likeness (QED) is 0.803. The lowest BCUT2D eigenvalue weighted by Gasteiger charge is -2.10. The maximum atomic E-state index is 11.9. The van der Waals surface area contributed by atoms with Crippen LogP contribution in [0.3, 0.4) is 0 Å². The van der Waals surface area contributed by atoms with Gasteiger partial charge in [-0.15, -0.1) is 0 Å². The topological polar surface area (TPSA) is 55.1 Å². The van der Waals surface area contributed by atoms with Gasteiger partial charge in [-0.2, -0.15) is 12.6 Å². The van der Waals surface area contributed by atoms with Crippen LogP contribution in [-0.4, -0.2) is 16.1 Å². The minimum Gasteiger partial charge on any atom is -0.444 e. The molecule has 1 aromatic heterocycles. The maximum Gasteiger partial charge on any atom is 0.233 e. The van der Waals surface area contributed by atoms with Crippen LogP contribution in [0.1, 0.15) is 24.1 Å². The average molecular weight is 290 g/mol. The number of aryl methyl sites for hydroxylation is 1. The number of rotatable bonds is 6. The highest BCUT2D eigenvalue weighted by molar-refractivity contribution is 7.81. The predicted molar refractivity (Wildman–Crippen MR) is 80.6 cm³/mol. The third kappa shape index (κ3) is 4.13. The molecule has 1 amide bonds. The van der Waals surface area contributed by atoms with E-state index in [-0.39, 0.29) is 11.2 Å². The molecule has 0 spiro atoms. The van der Waals surface area contributed by atoms with Crippen molar-refractivity contribution in [1.82, 2.24) is 10.3 Å². The van der Waals surface area contributed by atoms with Gasteiger partial charge in [-0.05, 0) is 12.0 Å². The second-order valence-electron chi connectivity index (χ2n) is 4.50. The minimum absolute atomic E-state index is 0.117. The van der Waals surface area contributed by atoms with Crippen LogP contribution in [0.4, 0.5) is 0 Å². The van der Waals surface area contributed by atoms with Crippen molar-refractivity contribution in [2.24, 2.45) is 0 Å². The van der Waals surface area contributed by atoms with Crippen LogP contribution >= 0.6 is 12.6 Å². The van der Waals surface area contributed by atoms with Crippen LogP contribution < -0.4 is 5.32 Å². The number of carbonyl (C=O) groups is 1. The molecule has 1 heterocycles. The Morgan fingerprint density at radius 2 is 2.15 bits per heavy atom. The molecule has 0 radical (unpaired) electrons. The van der Waals surface area contributed by atoms with Gasteiger partial charge in [-0.25, -0.2) is 4.98 Å². The molecule has 1 aromatic carbocycles. The molecule has 0 fully saturated rings. The fraction of sp³-hybridized carbons (Fsp3) is 0.333. The van der Waals surface area contributed by atoms with Crippen LogP contribution in [0.15, 0.2) is 40.9 Å². The van der Waals surface area contributed by atoms with Gasteiger partial charge in [0.25, 0.3) is 0 Å². The van der Waals surface area contributed by atoms with Crippen molar-refractivity contribution in [1.29, 1.82) is 0 Å². The summed E-state index contributed by atoms with van der Waals surface area (Å²) in [5.74, 6) is 1.23. The van der Waals surface area contributed by atoms with Crippen LogP contribution in [0.2, 0.25) is 0 Å². The second kappa shape index (κ2) is 7.14. The van der Waals surface area contributed by atoms with Crippen molar-refractivity contribution in [3.05, 3.63) is 53.7 Å². The van der Waals surface area contributed by atoms with Gasteiger partial charge in [0.2, 0.25) is 11.8 Å². The normalized spacial score (nSPS) is 12.1. The first kappa shape index (κ1) is 14.7. The highest BCUT2D eigenvalue weighted by atomic mass is 32.1. The summed E-state index contributed by atoms with van der Waals surface area (Å²) in [6.07, 6.45) is 3.08. The van der Waals surface area contributed by atoms with E-state index in [1.54, 1.807) is 6.20 Å². The van der Waals surface area contributed by atoms with E-state index in [2.05, 4.69) is 22.9 Å². The number of nitrogens with zero attached hydrogens (tertiary/aromatic N) is 1. The fourth-order valence-corrected chi connectivity index (χ4v) is 2.11. The largest absolute Gasteiger partial charge is 0.444 e. The molecule has 0 bridgehead atoms. The van der Waals surface area contributed by atoms with E-state index in [0.717, 1.165) is 17.7 Å². The molecule has 0 saturated heterocycles. The van der Waals surface area contributed by atoms with Crippen LogP contribution in [0.5, 0.6) is 0 Å². The maximum absolute atomic E-state index is 11.9. The molecule has 1 atom stereocenters. The van der Waals surface area contributed by atoms with E-state index in [1.807, 2.05) is 37.3 Å². The predicted octanol–water partition coefficient (Wildman–Crippen LogP) is 2.39. The zero-order valence-corrected chi connectivity index (χ0v) is 12.3. The zero-order chi connectivity index (χ0) is 14.4. The number of oxazole rings is 1. The summed E-state index contributed by atoms with van der Waals surface area (Å²) in [5.41, 5.74) is 1.09. The van der Waals surface area contributed by atoms with Gasteiger partial charge in [0.15, 0.2) is 0 Å². The Balaban J connectivity index is 1.82. The smallest absolute Gasteiger partial charge is 0.233 e. The zero-order valence-electron chi connectivity index (χ0n) is 11.4. The monoisotopic (exact) mass is 290 g/mol. The molecule has 1 N–H and O–H groups in total. The van der Waals surface area contributed by atoms with Gasteiger partial charge in [-0.3, -0.25) is 4.79 Å². The SMILES string of the molecule is CCc1cnc(CNC(=O)C(S)Cc2ccccc2)o1. The summed E-state index contributed by atoms with van der Waals surface area (Å²) in [6.45, 7) is 2.29. The molecule has 0 aliphatic carbocycles. The standard InChI is InChI=1S/C15H18N2O2S/c1-2-12-9-16-14(19-12)10-17-15(18)13(20)8-11-6-4-3-5-7-11/h3-7,9,13,20H,2,8,10H2,1H3,(H,17,18). The molecule has 0 aliphatic heterocycles. The van der Waals surface area contributed by atoms with E-state index in [9.17, 15) is 4.79 Å². The summed E-state index contributed by atoms with van der Waals surface area (Å²) < 4.78 is 5.43. The van der Waals surface area contributed by atoms with E-state index in [0.29, 0.717) is 18.9 Å². The molecule has 0 aliphatic rings. The van der Waals surface area contributed by atoms with Crippen LogP contribution in [0.25, 0.3) is 0 Å². The molecule has 20 heavy (non-hydrogen) atoms. The molecule has 106 valence electrons. The summed E-state index contributed by atoms with van der Waals surface area (Å²) in [5, 5.41) is 2.41. The van der Waals surface area contributed by atoms with Crippen molar-refractivity contribution in [2.75, 3.05) is 0 Å². The lowest BCUT2D eigenvalue weighted by Crippen LogP contribution is -2.32. The van der Waals surface area contributed by atoms with Gasteiger partial charge in [0.1, 0.15) is 5.76 Å². The van der Waals surface area contributed by atoms with Crippen LogP contribution in [-0.2, 0) is 24.2 Å². The molecule has 5 heteroatoms. The molecule has 2 aromatic rings. The van der Waals surface area contributed by atoms with Gasteiger partial charge in [-0.1, -0.05) is 37.3 Å². The Kier molecular flexibility index (Phi) is 5.24. The molecule has 1 unspecified atom stereocenters. The van der Waals surface area contributed by atoms with E-state index < -0.39 is 0 Å². The number of nitrogens with one attached hydrogen (secondary N) is 1. The van der Waals surface area contributed by atoms with Crippen molar-refractivity contribution in [3.63, 3.8) is 0 Å². The Morgan fingerprint density at radius 3 is 2.80 bits per heavy atom. The molecule has 0 saturated carbocycles. The fourth-order valence-electron chi connectivity index (χ4n) is 1.80. The summed E-state index contributed by atoms with van der Waals surface area (Å²) >= 11 is 4.34. The first-order valence-corrected chi connectivity index (χ1v) is 7.14. The minimum atomic E-state index is -0.377. The Hall–Kier alpha value is -1.75. The highest BCUT2D eigenvalue weighted by Gasteiger charge is 2.15. The summed E-state index contributed by atoms with van der Waals surface area (Å²) in [4.78, 5) is 16.0. The van der Waals surface area contributed by atoms with Crippen molar-refractivity contribution in [3.8, 4) is 0 Å². The number of amides is 1. The highest BCUT2D eigenvalue weighted by Crippen LogP contribution is 2.09. The average Bonchev–Trinajstić information content (AvgIpc) is 2.93. The number of thiol groups is 1. The van der Waals surface area contributed by atoms with E-state index in [4.69, 9.17) is 4.42 Å².